The number of hydrogen-bond donors (Lipinski definition) is 1. The molecule has 0 heterocycles. The second-order valence-corrected chi connectivity index (χ2v) is 5.43. The van der Waals surface area contributed by atoms with Gasteiger partial charge in [0.1, 0.15) is 11.9 Å². The summed E-state index contributed by atoms with van der Waals surface area (Å²) in [6, 6.07) is 13.7. The van der Waals surface area contributed by atoms with E-state index in [2.05, 4.69) is 28.9 Å². The fourth-order valence-corrected chi connectivity index (χ4v) is 2.85. The maximum absolute atomic E-state index is 10.6. The first-order valence-electron chi connectivity index (χ1n) is 6.85. The zero-order valence-electron chi connectivity index (χ0n) is 11.8. The molecule has 0 aliphatic rings. The number of ether oxygens (including phenoxy) is 1. The zero-order valence-corrected chi connectivity index (χ0v) is 13.4. The molecule has 0 saturated heterocycles. The summed E-state index contributed by atoms with van der Waals surface area (Å²) in [6.07, 6.45) is 0.276. The largest absolute Gasteiger partial charge is 0.494 e. The molecule has 2 aromatic carbocycles. The van der Waals surface area contributed by atoms with Gasteiger partial charge in [-0.15, -0.1) is 0 Å². The molecular weight excluding hydrogens is 316 g/mol. The molecule has 0 spiro atoms. The lowest BCUT2D eigenvalue weighted by Crippen LogP contribution is -2.04. The molecule has 0 aliphatic heterocycles. The summed E-state index contributed by atoms with van der Waals surface area (Å²) in [5.74, 6) is 0.805. The Morgan fingerprint density at radius 3 is 2.50 bits per heavy atom. The lowest BCUT2D eigenvalue weighted by molar-refractivity contribution is 0.218. The Morgan fingerprint density at radius 1 is 1.10 bits per heavy atom. The molecule has 2 nitrogen and oxygen atoms in total. The van der Waals surface area contributed by atoms with Gasteiger partial charge >= 0.3 is 0 Å². The van der Waals surface area contributed by atoms with Gasteiger partial charge in [0.15, 0.2) is 0 Å². The van der Waals surface area contributed by atoms with Crippen LogP contribution in [0.1, 0.15) is 36.6 Å². The SMILES string of the molecule is CCOc1ccc(C(O)c2ccccc2CC)c(Br)c1. The summed E-state index contributed by atoms with van der Waals surface area (Å²) in [6.45, 7) is 4.68. The Morgan fingerprint density at radius 2 is 1.85 bits per heavy atom. The van der Waals surface area contributed by atoms with Crippen molar-refractivity contribution in [1.29, 1.82) is 0 Å². The van der Waals surface area contributed by atoms with E-state index in [0.717, 1.165) is 27.8 Å². The molecule has 106 valence electrons. The smallest absolute Gasteiger partial charge is 0.120 e. The quantitative estimate of drug-likeness (QED) is 0.872. The Balaban J connectivity index is 2.35. The average molecular weight is 335 g/mol. The predicted octanol–water partition coefficient (Wildman–Crippen LogP) is 4.49. The maximum atomic E-state index is 10.6. The van der Waals surface area contributed by atoms with Crippen LogP contribution >= 0.6 is 15.9 Å². The van der Waals surface area contributed by atoms with E-state index in [0.29, 0.717) is 6.61 Å². The highest BCUT2D eigenvalue weighted by Gasteiger charge is 2.16. The maximum Gasteiger partial charge on any atom is 0.120 e. The first-order chi connectivity index (χ1) is 9.67. The topological polar surface area (TPSA) is 29.5 Å². The van der Waals surface area contributed by atoms with E-state index in [1.54, 1.807) is 0 Å². The summed E-state index contributed by atoms with van der Waals surface area (Å²) in [4.78, 5) is 0. The predicted molar refractivity (Wildman–Crippen MR) is 85.2 cm³/mol. The molecule has 0 radical (unpaired) electrons. The van der Waals surface area contributed by atoms with Crippen LogP contribution in [0.4, 0.5) is 0 Å². The lowest BCUT2D eigenvalue weighted by Gasteiger charge is -2.17. The minimum absolute atomic E-state index is 0.629. The number of aryl methyl sites for hydroxylation is 1. The summed E-state index contributed by atoms with van der Waals surface area (Å²) in [5, 5.41) is 10.6. The van der Waals surface area contributed by atoms with E-state index in [-0.39, 0.29) is 0 Å². The van der Waals surface area contributed by atoms with E-state index in [1.165, 1.54) is 5.56 Å². The van der Waals surface area contributed by atoms with E-state index in [9.17, 15) is 5.11 Å². The molecule has 1 unspecified atom stereocenters. The van der Waals surface area contributed by atoms with Crippen LogP contribution in [-0.4, -0.2) is 11.7 Å². The van der Waals surface area contributed by atoms with Gasteiger partial charge in [0.2, 0.25) is 0 Å². The van der Waals surface area contributed by atoms with Crippen LogP contribution in [0.5, 0.6) is 5.75 Å². The van der Waals surface area contributed by atoms with Gasteiger partial charge in [0.25, 0.3) is 0 Å². The van der Waals surface area contributed by atoms with Crippen molar-refractivity contribution in [3.63, 3.8) is 0 Å². The Bertz CT molecular complexity index is 581. The van der Waals surface area contributed by atoms with Crippen molar-refractivity contribution in [3.05, 3.63) is 63.6 Å². The molecule has 0 bridgehead atoms. The van der Waals surface area contributed by atoms with Crippen LogP contribution in [0.25, 0.3) is 0 Å². The van der Waals surface area contributed by atoms with Gasteiger partial charge < -0.3 is 9.84 Å². The fraction of sp³-hybridized carbons (Fsp3) is 0.294. The summed E-state index contributed by atoms with van der Waals surface area (Å²) < 4.78 is 6.32. The van der Waals surface area contributed by atoms with Gasteiger partial charge in [0, 0.05) is 4.47 Å². The second kappa shape index (κ2) is 6.91. The van der Waals surface area contributed by atoms with Gasteiger partial charge in [-0.2, -0.15) is 0 Å². The molecule has 0 aliphatic carbocycles. The summed E-state index contributed by atoms with van der Waals surface area (Å²) >= 11 is 3.52. The van der Waals surface area contributed by atoms with Gasteiger partial charge in [0.05, 0.1) is 6.61 Å². The Hall–Kier alpha value is -1.32. The average Bonchev–Trinajstić information content (AvgIpc) is 2.47. The highest BCUT2D eigenvalue weighted by molar-refractivity contribution is 9.10. The third-order valence-electron chi connectivity index (χ3n) is 3.31. The van der Waals surface area contributed by atoms with Crippen molar-refractivity contribution in [2.75, 3.05) is 6.61 Å². The molecule has 0 fully saturated rings. The van der Waals surface area contributed by atoms with Crippen molar-refractivity contribution >= 4 is 15.9 Å². The van der Waals surface area contributed by atoms with Crippen molar-refractivity contribution in [3.8, 4) is 5.75 Å². The van der Waals surface area contributed by atoms with E-state index < -0.39 is 6.10 Å². The fourth-order valence-electron chi connectivity index (χ4n) is 2.28. The van der Waals surface area contributed by atoms with Crippen LogP contribution in [0.2, 0.25) is 0 Å². The minimum atomic E-state index is -0.629. The normalized spacial score (nSPS) is 12.2. The van der Waals surface area contributed by atoms with E-state index >= 15 is 0 Å². The monoisotopic (exact) mass is 334 g/mol. The summed E-state index contributed by atoms with van der Waals surface area (Å²) in [7, 11) is 0. The van der Waals surface area contributed by atoms with Crippen LogP contribution in [0, 0.1) is 0 Å². The van der Waals surface area contributed by atoms with Crippen molar-refractivity contribution in [2.45, 2.75) is 26.4 Å². The van der Waals surface area contributed by atoms with Gasteiger partial charge in [-0.1, -0.05) is 53.2 Å². The van der Waals surface area contributed by atoms with Gasteiger partial charge in [-0.05, 0) is 42.2 Å². The third kappa shape index (κ3) is 3.22. The minimum Gasteiger partial charge on any atom is -0.494 e. The number of rotatable bonds is 5. The number of hydrogen-bond acceptors (Lipinski definition) is 2. The molecular formula is C17H19BrO2. The van der Waals surface area contributed by atoms with E-state index in [4.69, 9.17) is 4.74 Å². The summed E-state index contributed by atoms with van der Waals surface area (Å²) in [5.41, 5.74) is 2.98. The third-order valence-corrected chi connectivity index (χ3v) is 3.99. The van der Waals surface area contributed by atoms with Crippen molar-refractivity contribution in [1.82, 2.24) is 0 Å². The number of aliphatic hydroxyl groups is 1. The number of benzene rings is 2. The highest BCUT2D eigenvalue weighted by Crippen LogP contribution is 2.32. The van der Waals surface area contributed by atoms with E-state index in [1.807, 2.05) is 43.3 Å². The van der Waals surface area contributed by atoms with Crippen LogP contribution in [0.3, 0.4) is 0 Å². The molecule has 0 saturated carbocycles. The van der Waals surface area contributed by atoms with Crippen LogP contribution in [-0.2, 0) is 6.42 Å². The molecule has 3 heteroatoms. The lowest BCUT2D eigenvalue weighted by atomic mass is 9.95. The molecule has 2 aromatic rings. The molecule has 0 aromatic heterocycles. The van der Waals surface area contributed by atoms with Crippen LogP contribution < -0.4 is 4.74 Å². The molecule has 1 N–H and O–H groups in total. The van der Waals surface area contributed by atoms with Crippen LogP contribution in [0.15, 0.2) is 46.9 Å². The standard InChI is InChI=1S/C17H19BrO2/c1-3-12-7-5-6-8-14(12)17(19)15-10-9-13(20-4-2)11-16(15)18/h5-11,17,19H,3-4H2,1-2H3. The first-order valence-corrected chi connectivity index (χ1v) is 7.64. The van der Waals surface area contributed by atoms with Gasteiger partial charge in [-0.25, -0.2) is 0 Å². The first kappa shape index (κ1) is 15.1. The number of aliphatic hydroxyl groups excluding tert-OH is 1. The van der Waals surface area contributed by atoms with Crippen molar-refractivity contribution < 1.29 is 9.84 Å². The number of halogens is 1. The Kier molecular flexibility index (Phi) is 5.21. The molecule has 0 amide bonds. The van der Waals surface area contributed by atoms with Crippen molar-refractivity contribution in [2.24, 2.45) is 0 Å². The highest BCUT2D eigenvalue weighted by atomic mass is 79.9. The second-order valence-electron chi connectivity index (χ2n) is 4.57. The molecule has 2 rings (SSSR count). The zero-order chi connectivity index (χ0) is 14.5. The Labute approximate surface area is 128 Å². The molecule has 20 heavy (non-hydrogen) atoms. The van der Waals surface area contributed by atoms with Gasteiger partial charge in [-0.3, -0.25) is 0 Å². The molecule has 1 atom stereocenters.